The van der Waals surface area contributed by atoms with Gasteiger partial charge in [-0.05, 0) is 19.1 Å². The second-order valence-electron chi connectivity index (χ2n) is 4.98. The number of nitrogens with zero attached hydrogens (tertiary/aromatic N) is 2. The van der Waals surface area contributed by atoms with Gasteiger partial charge in [0, 0.05) is 43.5 Å². The van der Waals surface area contributed by atoms with E-state index >= 15 is 0 Å². The summed E-state index contributed by atoms with van der Waals surface area (Å²) < 4.78 is 13.1. The summed E-state index contributed by atoms with van der Waals surface area (Å²) in [6.07, 6.45) is 2.96. The van der Waals surface area contributed by atoms with Gasteiger partial charge in [-0.1, -0.05) is 0 Å². The molecule has 0 aliphatic carbocycles. The molecule has 0 amide bonds. The van der Waals surface area contributed by atoms with Gasteiger partial charge in [0.15, 0.2) is 11.5 Å². The lowest BCUT2D eigenvalue weighted by molar-refractivity contribution is 0.297. The van der Waals surface area contributed by atoms with Gasteiger partial charge in [-0.3, -0.25) is 4.68 Å². The maximum absolute atomic E-state index is 5.69. The summed E-state index contributed by atoms with van der Waals surface area (Å²) in [5.74, 6) is 1.64. The van der Waals surface area contributed by atoms with Crippen LogP contribution in [0, 0.1) is 6.92 Å². The minimum absolute atomic E-state index is 0.707. The average molecular weight is 273 g/mol. The van der Waals surface area contributed by atoms with E-state index < -0.39 is 0 Å². The topological polar surface area (TPSA) is 48.3 Å². The molecular formula is C15H19N3O2. The monoisotopic (exact) mass is 273 g/mol. The highest BCUT2D eigenvalue weighted by Crippen LogP contribution is 2.32. The summed E-state index contributed by atoms with van der Waals surface area (Å²) in [4.78, 5) is 0. The Morgan fingerprint density at radius 1 is 1.25 bits per heavy atom. The molecule has 5 nitrogen and oxygen atoms in total. The molecular weight excluding hydrogens is 254 g/mol. The second-order valence-corrected chi connectivity index (χ2v) is 4.98. The molecule has 5 heteroatoms. The summed E-state index contributed by atoms with van der Waals surface area (Å²) >= 11 is 0. The maximum atomic E-state index is 5.69. The van der Waals surface area contributed by atoms with Crippen LogP contribution in [0.4, 0.5) is 5.69 Å². The standard InChI is InChI=1S/C15H19N3O2/c1-11-12(10-18(2)17-11)9-16-13-4-5-14-15(8-13)20-7-3-6-19-14/h4-5,8,10,16H,3,6-7,9H2,1-2H3. The summed E-state index contributed by atoms with van der Waals surface area (Å²) in [5, 5.41) is 7.73. The first-order valence-corrected chi connectivity index (χ1v) is 6.85. The van der Waals surface area contributed by atoms with Crippen molar-refractivity contribution in [2.24, 2.45) is 7.05 Å². The summed E-state index contributed by atoms with van der Waals surface area (Å²) in [6.45, 7) is 4.19. The van der Waals surface area contributed by atoms with E-state index in [1.165, 1.54) is 5.56 Å². The Morgan fingerprint density at radius 3 is 2.80 bits per heavy atom. The van der Waals surface area contributed by atoms with Crippen molar-refractivity contribution in [1.82, 2.24) is 9.78 Å². The number of fused-ring (bicyclic) bond motifs is 1. The first-order valence-electron chi connectivity index (χ1n) is 6.85. The van der Waals surface area contributed by atoms with E-state index in [-0.39, 0.29) is 0 Å². The zero-order valence-electron chi connectivity index (χ0n) is 11.8. The molecule has 0 saturated heterocycles. The van der Waals surface area contributed by atoms with Gasteiger partial charge in [-0.15, -0.1) is 0 Å². The van der Waals surface area contributed by atoms with E-state index in [0.717, 1.165) is 35.8 Å². The lowest BCUT2D eigenvalue weighted by atomic mass is 10.2. The molecule has 106 valence electrons. The molecule has 1 aromatic carbocycles. The fraction of sp³-hybridized carbons (Fsp3) is 0.400. The van der Waals surface area contributed by atoms with E-state index in [9.17, 15) is 0 Å². The third-order valence-electron chi connectivity index (χ3n) is 3.35. The smallest absolute Gasteiger partial charge is 0.163 e. The Kier molecular flexibility index (Phi) is 3.50. The highest BCUT2D eigenvalue weighted by molar-refractivity contribution is 5.55. The third kappa shape index (κ3) is 2.71. The molecule has 1 aliphatic rings. The van der Waals surface area contributed by atoms with Crippen molar-refractivity contribution >= 4 is 5.69 Å². The second kappa shape index (κ2) is 5.45. The summed E-state index contributed by atoms with van der Waals surface area (Å²) in [7, 11) is 1.93. The van der Waals surface area contributed by atoms with Crippen LogP contribution in [0.15, 0.2) is 24.4 Å². The van der Waals surface area contributed by atoms with Crippen LogP contribution in [-0.4, -0.2) is 23.0 Å². The zero-order chi connectivity index (χ0) is 13.9. The summed E-state index contributed by atoms with van der Waals surface area (Å²) in [5.41, 5.74) is 3.27. The first-order chi connectivity index (χ1) is 9.72. The Bertz CT molecular complexity index is 607. The molecule has 0 saturated carbocycles. The van der Waals surface area contributed by atoms with Crippen molar-refractivity contribution in [3.05, 3.63) is 35.7 Å². The van der Waals surface area contributed by atoms with Crippen molar-refractivity contribution < 1.29 is 9.47 Å². The highest BCUT2D eigenvalue weighted by Gasteiger charge is 2.11. The normalized spacial score (nSPS) is 13.9. The van der Waals surface area contributed by atoms with Gasteiger partial charge in [0.2, 0.25) is 0 Å². The fourth-order valence-corrected chi connectivity index (χ4v) is 2.29. The lowest BCUT2D eigenvalue weighted by Crippen LogP contribution is -2.00. The van der Waals surface area contributed by atoms with E-state index in [0.29, 0.717) is 13.2 Å². The molecule has 1 aliphatic heterocycles. The fourth-order valence-electron chi connectivity index (χ4n) is 2.29. The zero-order valence-corrected chi connectivity index (χ0v) is 11.8. The molecule has 0 spiro atoms. The van der Waals surface area contributed by atoms with E-state index in [1.807, 2.05) is 43.0 Å². The molecule has 2 heterocycles. The van der Waals surface area contributed by atoms with Gasteiger partial charge >= 0.3 is 0 Å². The van der Waals surface area contributed by atoms with Crippen LogP contribution in [-0.2, 0) is 13.6 Å². The number of nitrogens with one attached hydrogen (secondary N) is 1. The van der Waals surface area contributed by atoms with Crippen LogP contribution in [0.1, 0.15) is 17.7 Å². The van der Waals surface area contributed by atoms with E-state index in [2.05, 4.69) is 10.4 Å². The van der Waals surface area contributed by atoms with Crippen molar-refractivity contribution in [3.63, 3.8) is 0 Å². The lowest BCUT2D eigenvalue weighted by Gasteiger charge is -2.10. The van der Waals surface area contributed by atoms with Crippen LogP contribution in [0.3, 0.4) is 0 Å². The molecule has 0 bridgehead atoms. The Balaban J connectivity index is 1.72. The number of rotatable bonds is 3. The van der Waals surface area contributed by atoms with Crippen LogP contribution >= 0.6 is 0 Å². The molecule has 2 aromatic rings. The van der Waals surface area contributed by atoms with Gasteiger partial charge in [-0.2, -0.15) is 5.10 Å². The highest BCUT2D eigenvalue weighted by atomic mass is 16.5. The van der Waals surface area contributed by atoms with Crippen LogP contribution < -0.4 is 14.8 Å². The third-order valence-corrected chi connectivity index (χ3v) is 3.35. The van der Waals surface area contributed by atoms with E-state index in [1.54, 1.807) is 0 Å². The molecule has 0 atom stereocenters. The number of aromatic nitrogens is 2. The molecule has 1 N–H and O–H groups in total. The number of aryl methyl sites for hydroxylation is 2. The van der Waals surface area contributed by atoms with Crippen molar-refractivity contribution in [1.29, 1.82) is 0 Å². The SMILES string of the molecule is Cc1nn(C)cc1CNc1ccc2c(c1)OCCCO2. The molecule has 0 fully saturated rings. The van der Waals surface area contributed by atoms with Crippen LogP contribution in [0.2, 0.25) is 0 Å². The number of hydrogen-bond acceptors (Lipinski definition) is 4. The number of benzene rings is 1. The molecule has 20 heavy (non-hydrogen) atoms. The van der Waals surface area contributed by atoms with Gasteiger partial charge in [0.25, 0.3) is 0 Å². The van der Waals surface area contributed by atoms with Crippen molar-refractivity contribution in [2.45, 2.75) is 19.9 Å². The Morgan fingerprint density at radius 2 is 2.05 bits per heavy atom. The minimum atomic E-state index is 0.707. The van der Waals surface area contributed by atoms with Crippen LogP contribution in [0.5, 0.6) is 11.5 Å². The average Bonchev–Trinajstić information content (AvgIpc) is 2.64. The number of ether oxygens (including phenoxy) is 2. The van der Waals surface area contributed by atoms with Gasteiger partial charge in [-0.25, -0.2) is 0 Å². The van der Waals surface area contributed by atoms with Gasteiger partial charge in [0.1, 0.15) is 0 Å². The number of hydrogen-bond donors (Lipinski definition) is 1. The van der Waals surface area contributed by atoms with Crippen molar-refractivity contribution in [3.8, 4) is 11.5 Å². The largest absolute Gasteiger partial charge is 0.490 e. The van der Waals surface area contributed by atoms with Crippen LogP contribution in [0.25, 0.3) is 0 Å². The molecule has 0 radical (unpaired) electrons. The van der Waals surface area contributed by atoms with Gasteiger partial charge in [0.05, 0.1) is 18.9 Å². The minimum Gasteiger partial charge on any atom is -0.490 e. The summed E-state index contributed by atoms with van der Waals surface area (Å²) in [6, 6.07) is 5.96. The molecule has 3 rings (SSSR count). The predicted octanol–water partition coefficient (Wildman–Crippen LogP) is 2.50. The first kappa shape index (κ1) is 12.8. The van der Waals surface area contributed by atoms with Crippen molar-refractivity contribution in [2.75, 3.05) is 18.5 Å². The number of anilines is 1. The quantitative estimate of drug-likeness (QED) is 0.933. The predicted molar refractivity (Wildman–Crippen MR) is 77.3 cm³/mol. The maximum Gasteiger partial charge on any atom is 0.163 e. The van der Waals surface area contributed by atoms with Gasteiger partial charge < -0.3 is 14.8 Å². The Hall–Kier alpha value is -2.17. The van der Waals surface area contributed by atoms with E-state index in [4.69, 9.17) is 9.47 Å². The molecule has 0 unspecified atom stereocenters. The Labute approximate surface area is 118 Å². The molecule has 1 aromatic heterocycles.